The van der Waals surface area contributed by atoms with Crippen LogP contribution in [0.3, 0.4) is 0 Å². The maximum atomic E-state index is 13.0. The second-order valence-electron chi connectivity index (χ2n) is 7.61. The number of alkyl halides is 2. The Labute approximate surface area is 195 Å². The summed E-state index contributed by atoms with van der Waals surface area (Å²) in [5.41, 5.74) is -0.0874. The van der Waals surface area contributed by atoms with E-state index in [1.165, 1.54) is 52.8 Å². The standard InChI is InChI=1S/C22H24F2N2O7S/c1-14-11-26(12-15(2)32-14)34(29,30)17-7-5-6-16(10-17)21(28)31-13-20(27)25-18-8-3-4-9-19(18)33-22(23)24/h3-10,14-15,22H,11-13H2,1-2H3,(H,25,27). The van der Waals surface area contributed by atoms with Crippen molar-refractivity contribution in [1.29, 1.82) is 0 Å². The van der Waals surface area contributed by atoms with E-state index in [4.69, 9.17) is 9.47 Å². The topological polar surface area (TPSA) is 111 Å². The summed E-state index contributed by atoms with van der Waals surface area (Å²) in [6, 6.07) is 10.8. The molecule has 2 aromatic rings. The van der Waals surface area contributed by atoms with Gasteiger partial charge in [0.2, 0.25) is 10.0 Å². The number of amides is 1. The Bertz CT molecular complexity index is 1130. The van der Waals surface area contributed by atoms with Gasteiger partial charge in [-0.2, -0.15) is 13.1 Å². The van der Waals surface area contributed by atoms with Gasteiger partial charge in [0.1, 0.15) is 5.75 Å². The molecule has 0 aliphatic carbocycles. The number of ether oxygens (including phenoxy) is 3. The van der Waals surface area contributed by atoms with Gasteiger partial charge in [-0.05, 0) is 44.2 Å². The van der Waals surface area contributed by atoms with Crippen LogP contribution in [0, 0.1) is 0 Å². The fourth-order valence-corrected chi connectivity index (χ4v) is 5.07. The molecule has 0 radical (unpaired) electrons. The van der Waals surface area contributed by atoms with Gasteiger partial charge in [0.25, 0.3) is 5.91 Å². The minimum atomic E-state index is -3.88. The summed E-state index contributed by atoms with van der Waals surface area (Å²) < 4.78 is 67.2. The number of hydrogen-bond donors (Lipinski definition) is 1. The highest BCUT2D eigenvalue weighted by molar-refractivity contribution is 7.89. The summed E-state index contributed by atoms with van der Waals surface area (Å²) in [4.78, 5) is 24.5. The number of para-hydroxylation sites is 2. The summed E-state index contributed by atoms with van der Waals surface area (Å²) >= 11 is 0. The van der Waals surface area contributed by atoms with E-state index < -0.39 is 35.1 Å². The predicted octanol–water partition coefficient (Wildman–Crippen LogP) is 2.88. The van der Waals surface area contributed by atoms with Crippen LogP contribution in [-0.4, -0.2) is 63.1 Å². The zero-order chi connectivity index (χ0) is 24.9. The highest BCUT2D eigenvalue weighted by Crippen LogP contribution is 2.25. The summed E-state index contributed by atoms with van der Waals surface area (Å²) in [6.07, 6.45) is -0.553. The number of esters is 1. The molecule has 1 aliphatic heterocycles. The fraction of sp³-hybridized carbons (Fsp3) is 0.364. The summed E-state index contributed by atoms with van der Waals surface area (Å²) in [5, 5.41) is 2.32. The molecule has 1 aliphatic rings. The number of nitrogens with one attached hydrogen (secondary N) is 1. The van der Waals surface area contributed by atoms with E-state index in [9.17, 15) is 26.8 Å². The molecule has 0 aromatic heterocycles. The SMILES string of the molecule is CC1CN(S(=O)(=O)c2cccc(C(=O)OCC(=O)Nc3ccccc3OC(F)F)c2)CC(C)O1. The predicted molar refractivity (Wildman–Crippen MR) is 117 cm³/mol. The van der Waals surface area contributed by atoms with E-state index >= 15 is 0 Å². The van der Waals surface area contributed by atoms with Crippen molar-refractivity contribution in [2.75, 3.05) is 25.0 Å². The normalized spacial score (nSPS) is 19.0. The lowest BCUT2D eigenvalue weighted by Gasteiger charge is -2.34. The lowest BCUT2D eigenvalue weighted by molar-refractivity contribution is -0.119. The van der Waals surface area contributed by atoms with E-state index in [0.29, 0.717) is 0 Å². The average Bonchev–Trinajstić information content (AvgIpc) is 2.78. The van der Waals surface area contributed by atoms with Crippen LogP contribution in [0.25, 0.3) is 0 Å². The van der Waals surface area contributed by atoms with Gasteiger partial charge in [0.15, 0.2) is 6.61 Å². The molecule has 2 unspecified atom stereocenters. The molecule has 0 saturated carbocycles. The van der Waals surface area contributed by atoms with Crippen LogP contribution in [0.5, 0.6) is 5.75 Å². The third-order valence-electron chi connectivity index (χ3n) is 4.81. The first-order valence-electron chi connectivity index (χ1n) is 10.3. The first kappa shape index (κ1) is 25.5. The molecular formula is C22H24F2N2O7S. The van der Waals surface area contributed by atoms with Crippen LogP contribution in [0.1, 0.15) is 24.2 Å². The molecule has 1 fully saturated rings. The fourth-order valence-electron chi connectivity index (χ4n) is 3.43. The van der Waals surface area contributed by atoms with Crippen LogP contribution in [0.15, 0.2) is 53.4 Å². The summed E-state index contributed by atoms with van der Waals surface area (Å²) in [5.74, 6) is -1.96. The maximum absolute atomic E-state index is 13.0. The van der Waals surface area contributed by atoms with Crippen molar-refractivity contribution < 1.29 is 41.0 Å². The van der Waals surface area contributed by atoms with Crippen molar-refractivity contribution in [2.24, 2.45) is 0 Å². The van der Waals surface area contributed by atoms with Crippen LogP contribution >= 0.6 is 0 Å². The minimum Gasteiger partial charge on any atom is -0.452 e. The van der Waals surface area contributed by atoms with Crippen molar-refractivity contribution in [3.05, 3.63) is 54.1 Å². The molecule has 1 saturated heterocycles. The monoisotopic (exact) mass is 498 g/mol. The second-order valence-corrected chi connectivity index (χ2v) is 9.54. The van der Waals surface area contributed by atoms with Crippen LogP contribution in [0.2, 0.25) is 0 Å². The van der Waals surface area contributed by atoms with E-state index in [1.54, 1.807) is 13.8 Å². The number of benzene rings is 2. The first-order chi connectivity index (χ1) is 16.1. The molecule has 9 nitrogen and oxygen atoms in total. The smallest absolute Gasteiger partial charge is 0.387 e. The number of nitrogens with zero attached hydrogens (tertiary/aromatic N) is 1. The van der Waals surface area contributed by atoms with Gasteiger partial charge >= 0.3 is 12.6 Å². The lowest BCUT2D eigenvalue weighted by Crippen LogP contribution is -2.48. The van der Waals surface area contributed by atoms with Crippen molar-refractivity contribution in [1.82, 2.24) is 4.31 Å². The lowest BCUT2D eigenvalue weighted by atomic mass is 10.2. The van der Waals surface area contributed by atoms with Gasteiger partial charge in [-0.1, -0.05) is 18.2 Å². The van der Waals surface area contributed by atoms with Crippen LogP contribution in [0.4, 0.5) is 14.5 Å². The van der Waals surface area contributed by atoms with Gasteiger partial charge in [0.05, 0.1) is 28.4 Å². The Hall–Kier alpha value is -3.09. The summed E-state index contributed by atoms with van der Waals surface area (Å²) in [7, 11) is -3.88. The van der Waals surface area contributed by atoms with Gasteiger partial charge < -0.3 is 19.5 Å². The highest BCUT2D eigenvalue weighted by atomic mass is 32.2. The number of anilines is 1. The minimum absolute atomic E-state index is 0.0223. The third-order valence-corrected chi connectivity index (χ3v) is 6.63. The van der Waals surface area contributed by atoms with Crippen molar-refractivity contribution in [3.8, 4) is 5.75 Å². The van der Waals surface area contributed by atoms with E-state index in [2.05, 4.69) is 10.1 Å². The molecule has 34 heavy (non-hydrogen) atoms. The van der Waals surface area contributed by atoms with Gasteiger partial charge in [-0.15, -0.1) is 0 Å². The molecule has 0 bridgehead atoms. The Kier molecular flexibility index (Phi) is 8.18. The number of morpholine rings is 1. The molecule has 12 heteroatoms. The highest BCUT2D eigenvalue weighted by Gasteiger charge is 2.32. The molecule has 184 valence electrons. The number of sulfonamides is 1. The second kappa shape index (κ2) is 10.9. The molecule has 0 spiro atoms. The molecule has 3 rings (SSSR count). The Morgan fingerprint density at radius 1 is 1.12 bits per heavy atom. The Morgan fingerprint density at radius 2 is 1.79 bits per heavy atom. The van der Waals surface area contributed by atoms with E-state index in [1.807, 2.05) is 0 Å². The molecule has 2 aromatic carbocycles. The summed E-state index contributed by atoms with van der Waals surface area (Å²) in [6.45, 7) is 0.0982. The Morgan fingerprint density at radius 3 is 2.47 bits per heavy atom. The first-order valence-corrected chi connectivity index (χ1v) is 11.8. The zero-order valence-electron chi connectivity index (χ0n) is 18.4. The molecular weight excluding hydrogens is 474 g/mol. The quantitative estimate of drug-likeness (QED) is 0.557. The van der Waals surface area contributed by atoms with Crippen molar-refractivity contribution >= 4 is 27.6 Å². The number of hydrogen-bond acceptors (Lipinski definition) is 7. The van der Waals surface area contributed by atoms with Crippen LogP contribution < -0.4 is 10.1 Å². The van der Waals surface area contributed by atoms with Gasteiger partial charge in [-0.25, -0.2) is 13.2 Å². The van der Waals surface area contributed by atoms with Crippen molar-refractivity contribution in [2.45, 2.75) is 37.6 Å². The average molecular weight is 499 g/mol. The zero-order valence-corrected chi connectivity index (χ0v) is 19.3. The van der Waals surface area contributed by atoms with Crippen LogP contribution in [-0.2, 0) is 24.3 Å². The van der Waals surface area contributed by atoms with E-state index in [-0.39, 0.29) is 47.2 Å². The maximum Gasteiger partial charge on any atom is 0.387 e. The molecule has 1 heterocycles. The third kappa shape index (κ3) is 6.49. The Balaban J connectivity index is 1.64. The van der Waals surface area contributed by atoms with Gasteiger partial charge in [-0.3, -0.25) is 4.79 Å². The van der Waals surface area contributed by atoms with E-state index in [0.717, 1.165) is 0 Å². The molecule has 1 amide bonds. The van der Waals surface area contributed by atoms with Crippen molar-refractivity contribution in [3.63, 3.8) is 0 Å². The number of carbonyl (C=O) groups is 2. The number of halogens is 2. The largest absolute Gasteiger partial charge is 0.452 e. The van der Waals surface area contributed by atoms with Gasteiger partial charge in [0, 0.05) is 13.1 Å². The number of carbonyl (C=O) groups excluding carboxylic acids is 2. The molecule has 2 atom stereocenters. The number of rotatable bonds is 8. The molecule has 1 N–H and O–H groups in total.